The molecule has 2 aromatic rings. The summed E-state index contributed by atoms with van der Waals surface area (Å²) >= 11 is 2.55. The number of para-hydroxylation sites is 1. The average Bonchev–Trinajstić information content (AvgIpc) is 2.88. The minimum Gasteiger partial charge on any atom is -0.351 e. The van der Waals surface area contributed by atoms with Crippen LogP contribution in [0.4, 0.5) is 15.6 Å². The van der Waals surface area contributed by atoms with Gasteiger partial charge in [0.15, 0.2) is 4.34 Å². The second-order valence-corrected chi connectivity index (χ2v) is 6.99. The highest BCUT2D eigenvalue weighted by Gasteiger charge is 2.18. The molecule has 0 saturated carbocycles. The predicted octanol–water partition coefficient (Wildman–Crippen LogP) is 2.27. The summed E-state index contributed by atoms with van der Waals surface area (Å²) < 4.78 is 0.628. The van der Waals surface area contributed by atoms with E-state index in [4.69, 9.17) is 5.73 Å². The lowest BCUT2D eigenvalue weighted by molar-refractivity contribution is -0.119. The van der Waals surface area contributed by atoms with Gasteiger partial charge in [-0.1, -0.05) is 41.3 Å². The standard InChI is InChI=1S/C13H15N5O2S2/c1-7-5-3-4-6-9(7)15-12-17-18-13(22-12)21-8(2)10(19)16-11(14)20/h3-6,8H,1-2H3,(H,15,17)(H3,14,16,19,20)/t8-/m1/s1. The van der Waals surface area contributed by atoms with Crippen molar-refractivity contribution in [3.8, 4) is 0 Å². The van der Waals surface area contributed by atoms with Crippen LogP contribution in [0.5, 0.6) is 0 Å². The van der Waals surface area contributed by atoms with Crippen molar-refractivity contribution in [2.75, 3.05) is 5.32 Å². The van der Waals surface area contributed by atoms with Gasteiger partial charge in [-0.3, -0.25) is 10.1 Å². The van der Waals surface area contributed by atoms with Gasteiger partial charge in [-0.2, -0.15) is 0 Å². The van der Waals surface area contributed by atoms with Crippen molar-refractivity contribution >= 4 is 45.9 Å². The van der Waals surface area contributed by atoms with Gasteiger partial charge >= 0.3 is 6.03 Å². The van der Waals surface area contributed by atoms with Gasteiger partial charge in [-0.25, -0.2) is 4.79 Å². The van der Waals surface area contributed by atoms with Crippen LogP contribution in [0, 0.1) is 6.92 Å². The minimum atomic E-state index is -0.864. The largest absolute Gasteiger partial charge is 0.351 e. The zero-order valence-electron chi connectivity index (χ0n) is 12.0. The molecule has 0 saturated heterocycles. The molecule has 22 heavy (non-hydrogen) atoms. The Hall–Kier alpha value is -2.13. The summed E-state index contributed by atoms with van der Waals surface area (Å²) in [5.74, 6) is -0.457. The third kappa shape index (κ3) is 4.43. The summed E-state index contributed by atoms with van der Waals surface area (Å²) in [4.78, 5) is 22.3. The topological polar surface area (TPSA) is 110 Å². The molecule has 1 aromatic carbocycles. The molecule has 0 aliphatic rings. The van der Waals surface area contributed by atoms with Crippen LogP contribution in [0.15, 0.2) is 28.6 Å². The van der Waals surface area contributed by atoms with Gasteiger partial charge in [-0.15, -0.1) is 10.2 Å². The highest BCUT2D eigenvalue weighted by atomic mass is 32.2. The molecule has 0 spiro atoms. The zero-order valence-corrected chi connectivity index (χ0v) is 13.6. The number of imide groups is 1. The monoisotopic (exact) mass is 337 g/mol. The first-order valence-corrected chi connectivity index (χ1v) is 8.08. The lowest BCUT2D eigenvalue weighted by atomic mass is 10.2. The van der Waals surface area contributed by atoms with Crippen molar-refractivity contribution in [2.45, 2.75) is 23.4 Å². The van der Waals surface area contributed by atoms with Gasteiger partial charge in [0, 0.05) is 5.69 Å². The van der Waals surface area contributed by atoms with Gasteiger partial charge in [0.05, 0.1) is 5.25 Å². The lowest BCUT2D eigenvalue weighted by Gasteiger charge is -2.07. The fraction of sp³-hybridized carbons (Fsp3) is 0.231. The first-order valence-electron chi connectivity index (χ1n) is 6.39. The number of urea groups is 1. The van der Waals surface area contributed by atoms with E-state index in [1.165, 1.54) is 23.1 Å². The van der Waals surface area contributed by atoms with E-state index in [2.05, 4.69) is 15.5 Å². The molecule has 0 fully saturated rings. The molecule has 0 aliphatic carbocycles. The van der Waals surface area contributed by atoms with E-state index in [9.17, 15) is 9.59 Å². The van der Waals surface area contributed by atoms with E-state index in [-0.39, 0.29) is 0 Å². The van der Waals surface area contributed by atoms with Gasteiger partial charge in [-0.05, 0) is 25.5 Å². The van der Waals surface area contributed by atoms with Crippen LogP contribution < -0.4 is 16.4 Å². The molecule has 9 heteroatoms. The molecule has 0 bridgehead atoms. The Balaban J connectivity index is 1.98. The van der Waals surface area contributed by atoms with Crippen molar-refractivity contribution in [1.82, 2.24) is 15.5 Å². The number of nitrogens with one attached hydrogen (secondary N) is 2. The van der Waals surface area contributed by atoms with E-state index < -0.39 is 17.2 Å². The Morgan fingerprint density at radius 2 is 2.05 bits per heavy atom. The molecule has 7 nitrogen and oxygen atoms in total. The number of aromatic nitrogens is 2. The van der Waals surface area contributed by atoms with Crippen LogP contribution in [0.2, 0.25) is 0 Å². The molecule has 1 heterocycles. The quantitative estimate of drug-likeness (QED) is 0.722. The second-order valence-electron chi connectivity index (χ2n) is 4.43. The number of nitrogens with two attached hydrogens (primary N) is 1. The van der Waals surface area contributed by atoms with E-state index in [1.54, 1.807) is 6.92 Å². The van der Waals surface area contributed by atoms with Crippen LogP contribution in [-0.4, -0.2) is 27.4 Å². The number of amides is 3. The highest BCUT2D eigenvalue weighted by molar-refractivity contribution is 8.02. The van der Waals surface area contributed by atoms with E-state index >= 15 is 0 Å². The fourth-order valence-corrected chi connectivity index (χ4v) is 3.47. The van der Waals surface area contributed by atoms with Gasteiger partial charge in [0.25, 0.3) is 0 Å². The van der Waals surface area contributed by atoms with E-state index in [0.29, 0.717) is 9.47 Å². The van der Waals surface area contributed by atoms with Gasteiger partial charge in [0.1, 0.15) is 0 Å². The summed E-state index contributed by atoms with van der Waals surface area (Å²) in [6.07, 6.45) is 0. The number of hydrogen-bond donors (Lipinski definition) is 3. The number of thioether (sulfide) groups is 1. The first kappa shape index (κ1) is 16.2. The molecule has 1 atom stereocenters. The second kappa shape index (κ2) is 7.23. The number of primary amides is 1. The summed E-state index contributed by atoms with van der Waals surface area (Å²) in [5, 5.41) is 13.4. The van der Waals surface area contributed by atoms with Gasteiger partial charge in [0.2, 0.25) is 11.0 Å². The Morgan fingerprint density at radius 3 is 2.73 bits per heavy atom. The van der Waals surface area contributed by atoms with Gasteiger partial charge < -0.3 is 11.1 Å². The maximum absolute atomic E-state index is 11.6. The number of carbonyl (C=O) groups is 2. The molecular weight excluding hydrogens is 322 g/mol. The van der Waals surface area contributed by atoms with Crippen LogP contribution in [0.3, 0.4) is 0 Å². The number of aryl methyl sites for hydroxylation is 1. The lowest BCUT2D eigenvalue weighted by Crippen LogP contribution is -2.39. The van der Waals surface area contributed by atoms with E-state index in [1.807, 2.05) is 36.5 Å². The fourth-order valence-electron chi connectivity index (χ4n) is 1.56. The number of nitrogens with zero attached hydrogens (tertiary/aromatic N) is 2. The highest BCUT2D eigenvalue weighted by Crippen LogP contribution is 2.30. The van der Waals surface area contributed by atoms with Crippen LogP contribution in [0.1, 0.15) is 12.5 Å². The van der Waals surface area contributed by atoms with Crippen LogP contribution >= 0.6 is 23.1 Å². The van der Waals surface area contributed by atoms with Crippen molar-refractivity contribution in [2.24, 2.45) is 5.73 Å². The summed E-state index contributed by atoms with van der Waals surface area (Å²) in [5.41, 5.74) is 6.96. The summed E-state index contributed by atoms with van der Waals surface area (Å²) in [7, 11) is 0. The van der Waals surface area contributed by atoms with Crippen molar-refractivity contribution in [3.05, 3.63) is 29.8 Å². The Bertz CT molecular complexity index is 689. The number of rotatable bonds is 5. The first-order chi connectivity index (χ1) is 10.5. The Labute approximate surface area is 135 Å². The summed E-state index contributed by atoms with van der Waals surface area (Å²) in [6.45, 7) is 3.66. The van der Waals surface area contributed by atoms with Crippen molar-refractivity contribution < 1.29 is 9.59 Å². The SMILES string of the molecule is Cc1ccccc1Nc1nnc(S[C@H](C)C(=O)NC(N)=O)s1. The van der Waals surface area contributed by atoms with Crippen LogP contribution in [-0.2, 0) is 4.79 Å². The van der Waals surface area contributed by atoms with Crippen molar-refractivity contribution in [1.29, 1.82) is 0 Å². The number of anilines is 2. The zero-order chi connectivity index (χ0) is 16.1. The molecular formula is C13H15N5O2S2. The van der Waals surface area contributed by atoms with Crippen molar-refractivity contribution in [3.63, 3.8) is 0 Å². The smallest absolute Gasteiger partial charge is 0.318 e. The predicted molar refractivity (Wildman–Crippen MR) is 87.4 cm³/mol. The van der Waals surface area contributed by atoms with E-state index in [0.717, 1.165) is 11.3 Å². The molecule has 2 rings (SSSR count). The molecule has 0 aliphatic heterocycles. The Kier molecular flexibility index (Phi) is 5.34. The molecule has 0 unspecified atom stereocenters. The number of benzene rings is 1. The normalized spacial score (nSPS) is 11.7. The molecule has 1 aromatic heterocycles. The average molecular weight is 337 g/mol. The Morgan fingerprint density at radius 1 is 1.32 bits per heavy atom. The maximum Gasteiger partial charge on any atom is 0.318 e. The third-order valence-electron chi connectivity index (χ3n) is 2.69. The number of hydrogen-bond acceptors (Lipinski definition) is 7. The minimum absolute atomic E-state index is 0.457. The number of carbonyl (C=O) groups excluding carboxylic acids is 2. The maximum atomic E-state index is 11.6. The molecule has 0 radical (unpaired) electrons. The molecule has 116 valence electrons. The third-order valence-corrected chi connectivity index (χ3v) is 4.71. The van der Waals surface area contributed by atoms with Crippen LogP contribution in [0.25, 0.3) is 0 Å². The molecule has 3 amide bonds. The summed E-state index contributed by atoms with van der Waals surface area (Å²) in [6, 6.07) is 6.97. The molecule has 4 N–H and O–H groups in total.